The fourth-order valence-electron chi connectivity index (χ4n) is 6.44. The topological polar surface area (TPSA) is 46.5 Å². The van der Waals surface area contributed by atoms with Gasteiger partial charge in [0.2, 0.25) is 0 Å². The summed E-state index contributed by atoms with van der Waals surface area (Å²) in [5.74, 6) is 1.36. The zero-order chi connectivity index (χ0) is 20.3. The number of carbonyl (C=O) groups is 1. The monoisotopic (exact) mass is 378 g/mol. The third-order valence-corrected chi connectivity index (χ3v) is 9.01. The van der Waals surface area contributed by atoms with Gasteiger partial charge >= 0.3 is 5.97 Å². The Hall–Kier alpha value is -0.570. The van der Waals surface area contributed by atoms with E-state index in [-0.39, 0.29) is 22.9 Å². The third kappa shape index (κ3) is 3.70. The maximum atomic E-state index is 13.7. The molecule has 0 saturated heterocycles. The molecule has 0 amide bonds. The highest BCUT2D eigenvalue weighted by Gasteiger charge is 2.58. The number of ether oxygens (including phenoxy) is 1. The predicted molar refractivity (Wildman–Crippen MR) is 109 cm³/mol. The molecule has 3 nitrogen and oxygen atoms in total. The minimum Gasteiger partial charge on any atom is -0.461 e. The summed E-state index contributed by atoms with van der Waals surface area (Å²) in [5, 5.41) is 10.8. The lowest BCUT2D eigenvalue weighted by Gasteiger charge is -2.58. The fourth-order valence-corrected chi connectivity index (χ4v) is 6.44. The van der Waals surface area contributed by atoms with Crippen LogP contribution in [0, 0.1) is 34.0 Å². The van der Waals surface area contributed by atoms with E-state index < -0.39 is 11.0 Å². The predicted octanol–water partition coefficient (Wildman–Crippen LogP) is 5.74. The second-order valence-corrected chi connectivity index (χ2v) is 11.8. The smallest absolute Gasteiger partial charge is 0.312 e. The molecule has 0 radical (unpaired) electrons. The summed E-state index contributed by atoms with van der Waals surface area (Å²) in [6.07, 6.45) is 7.76. The number of hydrogen-bond acceptors (Lipinski definition) is 3. The average Bonchev–Trinajstić information content (AvgIpc) is 2.55. The first-order valence-electron chi connectivity index (χ1n) is 11.3. The van der Waals surface area contributed by atoms with Gasteiger partial charge in [-0.3, -0.25) is 4.79 Å². The molecule has 4 saturated carbocycles. The van der Waals surface area contributed by atoms with Gasteiger partial charge in [0.25, 0.3) is 0 Å². The Kier molecular flexibility index (Phi) is 5.28. The molecular weight excluding hydrogens is 336 g/mol. The van der Waals surface area contributed by atoms with Gasteiger partial charge in [0.05, 0.1) is 11.0 Å². The molecule has 0 spiro atoms. The van der Waals surface area contributed by atoms with Gasteiger partial charge in [-0.2, -0.15) is 0 Å². The Morgan fingerprint density at radius 1 is 1.00 bits per heavy atom. The SMILES string of the molecule is CCC(C)(C)CC(C)(C(=O)OC1C2CC3CC1CC(O)(C3)C2)C(C)(C)CC. The number of rotatable bonds is 7. The summed E-state index contributed by atoms with van der Waals surface area (Å²) in [6.45, 7) is 15.5. The normalized spacial score (nSPS) is 37.9. The van der Waals surface area contributed by atoms with Crippen LogP contribution in [0.3, 0.4) is 0 Å². The van der Waals surface area contributed by atoms with E-state index >= 15 is 0 Å². The minimum atomic E-state index is -0.493. The standard InChI is InChI=1S/C24H42O3/c1-8-21(3,4)15-23(7,22(5,6)9-2)20(25)27-19-17-10-16-11-18(19)14-24(26,12-16)13-17/h16-19,26H,8-15H2,1-7H3. The van der Waals surface area contributed by atoms with Gasteiger partial charge in [-0.25, -0.2) is 0 Å². The first-order chi connectivity index (χ1) is 12.3. The van der Waals surface area contributed by atoms with E-state index in [0.717, 1.165) is 51.4 Å². The number of carbonyl (C=O) groups excluding carboxylic acids is 1. The zero-order valence-electron chi connectivity index (χ0n) is 18.7. The van der Waals surface area contributed by atoms with Crippen molar-refractivity contribution in [2.75, 3.05) is 0 Å². The molecule has 0 aromatic heterocycles. The van der Waals surface area contributed by atoms with Crippen LogP contribution in [0.5, 0.6) is 0 Å². The summed E-state index contributed by atoms with van der Waals surface area (Å²) in [7, 11) is 0. The van der Waals surface area contributed by atoms with Crippen molar-refractivity contribution in [3.05, 3.63) is 0 Å². The maximum Gasteiger partial charge on any atom is 0.312 e. The molecule has 0 aromatic carbocycles. The molecule has 3 heteroatoms. The van der Waals surface area contributed by atoms with Gasteiger partial charge in [-0.05, 0) is 80.5 Å². The molecule has 4 fully saturated rings. The lowest BCUT2D eigenvalue weighted by Crippen LogP contribution is -2.59. The second-order valence-electron chi connectivity index (χ2n) is 11.8. The molecule has 0 heterocycles. The molecule has 27 heavy (non-hydrogen) atoms. The molecule has 3 atom stereocenters. The van der Waals surface area contributed by atoms with Crippen molar-refractivity contribution in [3.8, 4) is 0 Å². The first-order valence-corrected chi connectivity index (χ1v) is 11.3. The van der Waals surface area contributed by atoms with Crippen molar-refractivity contribution >= 4 is 5.97 Å². The lowest BCUT2D eigenvalue weighted by molar-refractivity contribution is -0.211. The van der Waals surface area contributed by atoms with Crippen molar-refractivity contribution in [2.24, 2.45) is 34.0 Å². The number of hydrogen-bond donors (Lipinski definition) is 1. The van der Waals surface area contributed by atoms with E-state index in [1.54, 1.807) is 0 Å². The third-order valence-electron chi connectivity index (χ3n) is 9.01. The van der Waals surface area contributed by atoms with E-state index in [1.807, 2.05) is 0 Å². The molecule has 4 bridgehead atoms. The van der Waals surface area contributed by atoms with Crippen molar-refractivity contribution in [3.63, 3.8) is 0 Å². The van der Waals surface area contributed by atoms with Crippen LogP contribution in [0.4, 0.5) is 0 Å². The van der Waals surface area contributed by atoms with Crippen LogP contribution in [-0.4, -0.2) is 22.8 Å². The van der Waals surface area contributed by atoms with Crippen molar-refractivity contribution < 1.29 is 14.6 Å². The zero-order valence-corrected chi connectivity index (χ0v) is 18.7. The lowest BCUT2D eigenvalue weighted by atomic mass is 9.53. The summed E-state index contributed by atoms with van der Waals surface area (Å²) < 4.78 is 6.37. The van der Waals surface area contributed by atoms with Crippen LogP contribution in [0.15, 0.2) is 0 Å². The highest BCUT2D eigenvalue weighted by molar-refractivity contribution is 5.77. The van der Waals surface area contributed by atoms with Gasteiger partial charge in [0.15, 0.2) is 0 Å². The first kappa shape index (κ1) is 21.1. The van der Waals surface area contributed by atoms with Gasteiger partial charge in [0, 0.05) is 0 Å². The Labute approximate surface area is 166 Å². The van der Waals surface area contributed by atoms with Crippen LogP contribution in [-0.2, 0) is 9.53 Å². The highest BCUT2D eigenvalue weighted by Crippen LogP contribution is 2.58. The van der Waals surface area contributed by atoms with E-state index in [4.69, 9.17) is 4.74 Å². The molecule has 0 aromatic rings. The molecule has 4 aliphatic carbocycles. The van der Waals surface area contributed by atoms with Crippen molar-refractivity contribution in [2.45, 2.75) is 112 Å². The maximum absolute atomic E-state index is 13.7. The molecule has 1 N–H and O–H groups in total. The second kappa shape index (κ2) is 6.75. The molecular formula is C24H42O3. The molecule has 4 aliphatic rings. The van der Waals surface area contributed by atoms with E-state index in [1.165, 1.54) is 0 Å². The van der Waals surface area contributed by atoms with E-state index in [2.05, 4.69) is 48.5 Å². The van der Waals surface area contributed by atoms with Crippen LogP contribution in [0.2, 0.25) is 0 Å². The quantitative estimate of drug-likeness (QED) is 0.575. The Bertz CT molecular complexity index is 562. The summed E-state index contributed by atoms with van der Waals surface area (Å²) >= 11 is 0. The molecule has 0 aliphatic heterocycles. The van der Waals surface area contributed by atoms with E-state index in [0.29, 0.717) is 17.8 Å². The van der Waals surface area contributed by atoms with Crippen molar-refractivity contribution in [1.82, 2.24) is 0 Å². The highest BCUT2D eigenvalue weighted by atomic mass is 16.5. The van der Waals surface area contributed by atoms with Gasteiger partial charge in [0.1, 0.15) is 6.10 Å². The fraction of sp³-hybridized carbons (Fsp3) is 0.958. The Morgan fingerprint density at radius 3 is 2.00 bits per heavy atom. The van der Waals surface area contributed by atoms with Crippen LogP contribution >= 0.6 is 0 Å². The van der Waals surface area contributed by atoms with Crippen LogP contribution < -0.4 is 0 Å². The van der Waals surface area contributed by atoms with Gasteiger partial charge in [-0.1, -0.05) is 48.0 Å². The van der Waals surface area contributed by atoms with E-state index in [9.17, 15) is 9.90 Å². The van der Waals surface area contributed by atoms with Gasteiger partial charge in [-0.15, -0.1) is 0 Å². The summed E-state index contributed by atoms with van der Waals surface area (Å²) in [6, 6.07) is 0. The Balaban J connectivity index is 1.81. The summed E-state index contributed by atoms with van der Waals surface area (Å²) in [4.78, 5) is 13.7. The number of esters is 1. The average molecular weight is 379 g/mol. The Morgan fingerprint density at radius 2 is 1.56 bits per heavy atom. The van der Waals surface area contributed by atoms with Crippen LogP contribution in [0.25, 0.3) is 0 Å². The largest absolute Gasteiger partial charge is 0.461 e. The molecule has 4 rings (SSSR count). The minimum absolute atomic E-state index is 0.000313. The molecule has 3 unspecified atom stereocenters. The summed E-state index contributed by atoms with van der Waals surface area (Å²) in [5.41, 5.74) is -0.970. The van der Waals surface area contributed by atoms with Gasteiger partial charge < -0.3 is 9.84 Å². The van der Waals surface area contributed by atoms with Crippen LogP contribution in [0.1, 0.15) is 99.8 Å². The molecule has 156 valence electrons. The number of aliphatic hydroxyl groups is 1. The van der Waals surface area contributed by atoms with Crippen molar-refractivity contribution in [1.29, 1.82) is 0 Å².